The molecule has 206 valence electrons. The lowest BCUT2D eigenvalue weighted by Gasteiger charge is -2.25. The standard InChI is InChI=1S/C26H32N8O5/c35-23(19-7-4-8-29-19)33-21(10-17-12-27-14-30-17)25(37)32-20(9-16-5-2-1-3-6-16)24(36)34-22(26(38)39)11-18-13-28-15-31-18/h1-3,5-6,12-15,19-22,29H,4,7-11H2,(H,27,30)(H,28,31)(H,32,37)(H,33,35)(H,34,36)(H,38,39). The van der Waals surface area contributed by atoms with E-state index in [0.29, 0.717) is 17.8 Å². The number of carboxylic acids is 1. The lowest BCUT2D eigenvalue weighted by atomic mass is 10.0. The maximum Gasteiger partial charge on any atom is 0.326 e. The van der Waals surface area contributed by atoms with E-state index in [9.17, 15) is 24.3 Å². The second-order valence-electron chi connectivity index (χ2n) is 9.42. The molecule has 1 aliphatic rings. The monoisotopic (exact) mass is 536 g/mol. The highest BCUT2D eigenvalue weighted by atomic mass is 16.4. The number of imidazole rings is 2. The van der Waals surface area contributed by atoms with Gasteiger partial charge in [0.1, 0.15) is 18.1 Å². The number of benzene rings is 1. The van der Waals surface area contributed by atoms with Gasteiger partial charge in [0, 0.05) is 43.0 Å². The first-order valence-corrected chi connectivity index (χ1v) is 12.7. The SMILES string of the molecule is O=C(O)C(Cc1cnc[nH]1)NC(=O)C(Cc1ccccc1)NC(=O)C(Cc1cnc[nH]1)NC(=O)C1CCCN1. The van der Waals surface area contributed by atoms with Crippen LogP contribution in [0.2, 0.25) is 0 Å². The van der Waals surface area contributed by atoms with E-state index in [1.807, 2.05) is 6.07 Å². The molecular formula is C26H32N8O5. The number of nitrogens with one attached hydrogen (secondary N) is 6. The van der Waals surface area contributed by atoms with Crippen LogP contribution in [0.1, 0.15) is 29.8 Å². The molecule has 2 aromatic heterocycles. The molecule has 1 aliphatic heterocycles. The third-order valence-electron chi connectivity index (χ3n) is 6.50. The number of hydrogen-bond acceptors (Lipinski definition) is 7. The van der Waals surface area contributed by atoms with Crippen molar-refractivity contribution in [1.82, 2.24) is 41.2 Å². The van der Waals surface area contributed by atoms with Crippen molar-refractivity contribution in [3.05, 3.63) is 72.3 Å². The number of carbonyl (C=O) groups is 4. The number of H-pyrrole nitrogens is 2. The zero-order chi connectivity index (χ0) is 27.6. The van der Waals surface area contributed by atoms with Gasteiger partial charge in [0.05, 0.1) is 18.7 Å². The molecule has 0 aliphatic carbocycles. The van der Waals surface area contributed by atoms with Crippen molar-refractivity contribution < 1.29 is 24.3 Å². The van der Waals surface area contributed by atoms with Crippen molar-refractivity contribution in [3.8, 4) is 0 Å². The van der Waals surface area contributed by atoms with Gasteiger partial charge < -0.3 is 36.3 Å². The van der Waals surface area contributed by atoms with Crippen LogP contribution in [0.4, 0.5) is 0 Å². The average molecular weight is 537 g/mol. The molecule has 4 unspecified atom stereocenters. The smallest absolute Gasteiger partial charge is 0.326 e. The molecule has 4 rings (SSSR count). The number of aromatic nitrogens is 4. The Hall–Kier alpha value is -4.52. The molecule has 0 saturated carbocycles. The van der Waals surface area contributed by atoms with Crippen molar-refractivity contribution in [3.63, 3.8) is 0 Å². The Bertz CT molecular complexity index is 1230. The van der Waals surface area contributed by atoms with Crippen LogP contribution < -0.4 is 21.3 Å². The van der Waals surface area contributed by atoms with Gasteiger partial charge in [-0.15, -0.1) is 0 Å². The lowest BCUT2D eigenvalue weighted by Crippen LogP contribution is -2.58. The van der Waals surface area contributed by atoms with Crippen LogP contribution in [0.3, 0.4) is 0 Å². The number of aromatic amines is 2. The topological polar surface area (TPSA) is 194 Å². The van der Waals surface area contributed by atoms with Gasteiger partial charge in [0.25, 0.3) is 0 Å². The maximum atomic E-state index is 13.5. The summed E-state index contributed by atoms with van der Waals surface area (Å²) in [6, 6.07) is 5.31. The van der Waals surface area contributed by atoms with Crippen LogP contribution in [-0.2, 0) is 38.4 Å². The summed E-state index contributed by atoms with van der Waals surface area (Å²) in [5.41, 5.74) is 1.93. The predicted molar refractivity (Wildman–Crippen MR) is 139 cm³/mol. The Morgan fingerprint density at radius 1 is 0.846 bits per heavy atom. The molecule has 1 fully saturated rings. The van der Waals surface area contributed by atoms with E-state index in [4.69, 9.17) is 0 Å². The lowest BCUT2D eigenvalue weighted by molar-refractivity contribution is -0.142. The first kappa shape index (κ1) is 27.5. The summed E-state index contributed by atoms with van der Waals surface area (Å²) in [6.45, 7) is 0.720. The summed E-state index contributed by atoms with van der Waals surface area (Å²) < 4.78 is 0. The molecule has 39 heavy (non-hydrogen) atoms. The Balaban J connectivity index is 1.51. The maximum absolute atomic E-state index is 13.5. The molecule has 3 aromatic rings. The molecule has 0 radical (unpaired) electrons. The quantitative estimate of drug-likeness (QED) is 0.151. The normalized spacial score (nSPS) is 17.1. The summed E-state index contributed by atoms with van der Waals surface area (Å²) >= 11 is 0. The van der Waals surface area contributed by atoms with E-state index >= 15 is 0 Å². The molecule has 3 heterocycles. The first-order chi connectivity index (χ1) is 18.9. The number of aliphatic carboxylic acids is 1. The number of hydrogen-bond donors (Lipinski definition) is 7. The van der Waals surface area contributed by atoms with E-state index < -0.39 is 42.0 Å². The van der Waals surface area contributed by atoms with Crippen LogP contribution in [0.25, 0.3) is 0 Å². The van der Waals surface area contributed by atoms with E-state index in [0.717, 1.165) is 18.5 Å². The fourth-order valence-corrected chi connectivity index (χ4v) is 4.43. The summed E-state index contributed by atoms with van der Waals surface area (Å²) in [5.74, 6) is -2.77. The van der Waals surface area contributed by atoms with Gasteiger partial charge >= 0.3 is 5.97 Å². The largest absolute Gasteiger partial charge is 0.480 e. The van der Waals surface area contributed by atoms with Crippen molar-refractivity contribution in [2.45, 2.75) is 56.3 Å². The van der Waals surface area contributed by atoms with Crippen LogP contribution >= 0.6 is 0 Å². The molecule has 13 heteroatoms. The molecule has 7 N–H and O–H groups in total. The Morgan fingerprint density at radius 3 is 1.97 bits per heavy atom. The molecule has 4 atom stereocenters. The van der Waals surface area contributed by atoms with Crippen molar-refractivity contribution in [2.75, 3.05) is 6.54 Å². The molecule has 0 bridgehead atoms. The second kappa shape index (κ2) is 13.3. The third kappa shape index (κ3) is 7.98. The van der Waals surface area contributed by atoms with Gasteiger partial charge in [-0.1, -0.05) is 30.3 Å². The fraction of sp³-hybridized carbons (Fsp3) is 0.385. The zero-order valence-electron chi connectivity index (χ0n) is 21.2. The zero-order valence-corrected chi connectivity index (χ0v) is 21.2. The van der Waals surface area contributed by atoms with E-state index in [-0.39, 0.29) is 25.2 Å². The number of nitrogens with zero attached hydrogens (tertiary/aromatic N) is 2. The van der Waals surface area contributed by atoms with Crippen molar-refractivity contribution in [1.29, 1.82) is 0 Å². The summed E-state index contributed by atoms with van der Waals surface area (Å²) in [4.78, 5) is 65.2. The van der Waals surface area contributed by atoms with Crippen LogP contribution in [0.15, 0.2) is 55.4 Å². The van der Waals surface area contributed by atoms with Gasteiger partial charge in [-0.2, -0.15) is 0 Å². The number of amides is 3. The second-order valence-corrected chi connectivity index (χ2v) is 9.42. The summed E-state index contributed by atoms with van der Waals surface area (Å²) in [7, 11) is 0. The van der Waals surface area contributed by atoms with Crippen LogP contribution in [0.5, 0.6) is 0 Å². The Kier molecular flexibility index (Phi) is 9.40. The van der Waals surface area contributed by atoms with E-state index in [2.05, 4.69) is 41.2 Å². The molecule has 1 aromatic carbocycles. The minimum Gasteiger partial charge on any atom is -0.480 e. The van der Waals surface area contributed by atoms with Gasteiger partial charge in [0.2, 0.25) is 17.7 Å². The van der Waals surface area contributed by atoms with Gasteiger partial charge in [-0.25, -0.2) is 14.8 Å². The van der Waals surface area contributed by atoms with Gasteiger partial charge in [-0.3, -0.25) is 14.4 Å². The van der Waals surface area contributed by atoms with Crippen molar-refractivity contribution >= 4 is 23.7 Å². The predicted octanol–water partition coefficient (Wildman–Crippen LogP) is -0.548. The van der Waals surface area contributed by atoms with E-state index in [1.54, 1.807) is 30.5 Å². The number of carbonyl (C=O) groups excluding carboxylic acids is 3. The van der Waals surface area contributed by atoms with Crippen LogP contribution in [-0.4, -0.2) is 79.4 Å². The third-order valence-corrected chi connectivity index (χ3v) is 6.50. The Morgan fingerprint density at radius 2 is 1.44 bits per heavy atom. The molecule has 13 nitrogen and oxygen atoms in total. The average Bonchev–Trinajstić information content (AvgIpc) is 3.72. The number of carboxylic acid groups (broad SMARTS) is 1. The highest BCUT2D eigenvalue weighted by Crippen LogP contribution is 2.09. The minimum absolute atomic E-state index is 0.0139. The summed E-state index contributed by atoms with van der Waals surface area (Å²) in [6.07, 6.45) is 7.68. The molecule has 1 saturated heterocycles. The highest BCUT2D eigenvalue weighted by Gasteiger charge is 2.32. The van der Waals surface area contributed by atoms with Gasteiger partial charge in [-0.05, 0) is 24.9 Å². The Labute approximate surface area is 224 Å². The minimum atomic E-state index is -1.25. The van der Waals surface area contributed by atoms with Crippen LogP contribution in [0, 0.1) is 0 Å². The molecule has 0 spiro atoms. The van der Waals surface area contributed by atoms with E-state index in [1.165, 1.54) is 18.9 Å². The van der Waals surface area contributed by atoms with Crippen molar-refractivity contribution in [2.24, 2.45) is 0 Å². The van der Waals surface area contributed by atoms with Gasteiger partial charge in [0.15, 0.2) is 0 Å². The fourth-order valence-electron chi connectivity index (χ4n) is 4.43. The molecule has 3 amide bonds. The highest BCUT2D eigenvalue weighted by molar-refractivity contribution is 5.94. The number of rotatable bonds is 13. The molecular weight excluding hydrogens is 504 g/mol. The summed E-state index contributed by atoms with van der Waals surface area (Å²) in [5, 5.41) is 20.9. The first-order valence-electron chi connectivity index (χ1n) is 12.7.